The summed E-state index contributed by atoms with van der Waals surface area (Å²) in [6.07, 6.45) is 7.13. The largest absolute Gasteiger partial charge is 0.496 e. The van der Waals surface area contributed by atoms with Crippen molar-refractivity contribution in [2.45, 2.75) is 77.1 Å². The summed E-state index contributed by atoms with van der Waals surface area (Å²) in [6.45, 7) is 4.72. The highest BCUT2D eigenvalue weighted by Crippen LogP contribution is 2.33. The number of carbonyl (C=O) groups is 1. The molecule has 2 aromatic carbocycles. The zero-order chi connectivity index (χ0) is 30.6. The summed E-state index contributed by atoms with van der Waals surface area (Å²) in [6, 6.07) is 16.2. The van der Waals surface area contributed by atoms with Gasteiger partial charge in [0.15, 0.2) is 5.52 Å². The lowest BCUT2D eigenvalue weighted by Gasteiger charge is -2.36. The van der Waals surface area contributed by atoms with Crippen molar-refractivity contribution < 1.29 is 14.3 Å². The number of carbonyl (C=O) groups excluding carboxylic acids is 1. The topological polar surface area (TPSA) is 106 Å². The summed E-state index contributed by atoms with van der Waals surface area (Å²) >= 11 is 0. The minimum absolute atomic E-state index is 0.148. The van der Waals surface area contributed by atoms with E-state index in [1.807, 2.05) is 61.1 Å². The Morgan fingerprint density at radius 1 is 1.02 bits per heavy atom. The number of nitrogens with zero attached hydrogens (tertiary/aromatic N) is 5. The normalized spacial score (nSPS) is 16.7. The Hall–Kier alpha value is -4.18. The molecule has 2 aromatic heterocycles. The summed E-state index contributed by atoms with van der Waals surface area (Å²) in [5, 5.41) is 4.75. The van der Waals surface area contributed by atoms with Gasteiger partial charge in [0.05, 0.1) is 24.4 Å². The van der Waals surface area contributed by atoms with E-state index >= 15 is 0 Å². The fourth-order valence-corrected chi connectivity index (χ4v) is 6.63. The van der Waals surface area contributed by atoms with E-state index in [0.717, 1.165) is 80.5 Å². The maximum atomic E-state index is 13.4. The monoisotopic (exact) mass is 598 g/mol. The van der Waals surface area contributed by atoms with Crippen LogP contribution in [0, 0.1) is 6.92 Å². The van der Waals surface area contributed by atoms with Gasteiger partial charge in [-0.1, -0.05) is 55.7 Å². The number of benzene rings is 2. The van der Waals surface area contributed by atoms with Crippen LogP contribution < -0.4 is 10.3 Å². The number of hydrogen-bond acceptors (Lipinski definition) is 7. The van der Waals surface area contributed by atoms with E-state index in [9.17, 15) is 9.59 Å². The lowest BCUT2D eigenvalue weighted by atomic mass is 9.95. The molecule has 10 nitrogen and oxygen atoms in total. The first-order valence-corrected chi connectivity index (χ1v) is 15.7. The Kier molecular flexibility index (Phi) is 8.97. The number of rotatable bonds is 8. The highest BCUT2D eigenvalue weighted by Gasteiger charge is 2.27. The summed E-state index contributed by atoms with van der Waals surface area (Å²) in [4.78, 5) is 38.0. The number of ether oxygens (including phenoxy) is 2. The zero-order valence-electron chi connectivity index (χ0n) is 25.9. The lowest BCUT2D eigenvalue weighted by Crippen LogP contribution is -2.45. The van der Waals surface area contributed by atoms with Crippen LogP contribution in [0.15, 0.2) is 53.3 Å². The van der Waals surface area contributed by atoms with Crippen LogP contribution >= 0.6 is 0 Å². The van der Waals surface area contributed by atoms with Crippen molar-refractivity contribution in [1.29, 1.82) is 0 Å². The number of nitrogens with one attached hydrogen (secondary N) is 1. The molecule has 2 fully saturated rings. The third-order valence-corrected chi connectivity index (χ3v) is 9.17. The molecule has 1 aliphatic heterocycles. The predicted octanol–water partition coefficient (Wildman–Crippen LogP) is 5.84. The van der Waals surface area contributed by atoms with E-state index in [2.05, 4.69) is 16.0 Å². The molecule has 0 unspecified atom stereocenters. The Morgan fingerprint density at radius 3 is 2.50 bits per heavy atom. The molecule has 4 aromatic rings. The van der Waals surface area contributed by atoms with Gasteiger partial charge in [-0.25, -0.2) is 9.78 Å². The molecule has 2 aliphatic rings. The fraction of sp³-hybridized carbons (Fsp3) is 0.471. The summed E-state index contributed by atoms with van der Waals surface area (Å²) in [7, 11) is 3.47. The number of aromatic nitrogens is 4. The molecule has 3 heterocycles. The van der Waals surface area contributed by atoms with Crippen molar-refractivity contribution in [3.05, 3.63) is 75.7 Å². The molecule has 10 heteroatoms. The van der Waals surface area contributed by atoms with Gasteiger partial charge in [0.25, 0.3) is 5.56 Å². The second kappa shape index (κ2) is 13.2. The number of piperidine rings is 1. The van der Waals surface area contributed by atoms with E-state index in [1.54, 1.807) is 12.0 Å². The van der Waals surface area contributed by atoms with Crippen LogP contribution in [0.2, 0.25) is 0 Å². The van der Waals surface area contributed by atoms with Crippen molar-refractivity contribution in [2.24, 2.45) is 0 Å². The number of hydrogen-bond donors (Lipinski definition) is 1. The maximum absolute atomic E-state index is 13.4. The number of amides is 1. The third-order valence-electron chi connectivity index (χ3n) is 9.17. The van der Waals surface area contributed by atoms with Crippen LogP contribution in [-0.4, -0.2) is 68.9 Å². The molecular weight excluding hydrogens is 556 g/mol. The highest BCUT2D eigenvalue weighted by atomic mass is 16.6. The summed E-state index contributed by atoms with van der Waals surface area (Å²) in [5.41, 5.74) is 4.66. The maximum Gasteiger partial charge on any atom is 0.410 e. The van der Waals surface area contributed by atoms with Crippen LogP contribution in [0.25, 0.3) is 22.4 Å². The number of fused-ring (bicyclic) bond motifs is 1. The molecule has 6 rings (SSSR count). The van der Waals surface area contributed by atoms with Crippen LogP contribution in [0.4, 0.5) is 4.79 Å². The molecule has 1 N–H and O–H groups in total. The molecule has 0 bridgehead atoms. The highest BCUT2D eigenvalue weighted by molar-refractivity contribution is 5.79. The second-order valence-corrected chi connectivity index (χ2v) is 12.1. The Labute approximate surface area is 258 Å². The number of H-pyrrole nitrogens is 1. The van der Waals surface area contributed by atoms with Gasteiger partial charge in [-0.15, -0.1) is 0 Å². The van der Waals surface area contributed by atoms with E-state index in [4.69, 9.17) is 19.6 Å². The average molecular weight is 599 g/mol. The number of aryl methyl sites for hydroxylation is 1. The van der Waals surface area contributed by atoms with E-state index in [-0.39, 0.29) is 30.3 Å². The van der Waals surface area contributed by atoms with E-state index < -0.39 is 0 Å². The van der Waals surface area contributed by atoms with E-state index in [1.165, 1.54) is 6.42 Å². The molecule has 0 radical (unpaired) electrons. The minimum Gasteiger partial charge on any atom is -0.496 e. The molecule has 232 valence electrons. The Morgan fingerprint density at radius 2 is 1.77 bits per heavy atom. The van der Waals surface area contributed by atoms with Crippen LogP contribution in [0.5, 0.6) is 5.75 Å². The molecule has 1 saturated carbocycles. The number of aromatic amines is 1. The first-order chi connectivity index (χ1) is 21.4. The molecule has 44 heavy (non-hydrogen) atoms. The zero-order valence-corrected chi connectivity index (χ0v) is 25.9. The first-order valence-electron chi connectivity index (χ1n) is 15.7. The number of likely N-dealkylation sites (tertiary alicyclic amines) is 1. The third kappa shape index (κ3) is 6.36. The quantitative estimate of drug-likeness (QED) is 0.272. The SMILES string of the molecule is COc1cc(CN2CCC(N(C)C(=O)OCc3ccccc3)CC2)ccc1-c1nc2c(C)nn(C3CCCCC3)c2c(=O)[nH]1. The molecule has 1 saturated heterocycles. The van der Waals surface area contributed by atoms with Gasteiger partial charge in [0, 0.05) is 32.7 Å². The van der Waals surface area contributed by atoms with Crippen molar-refractivity contribution in [2.75, 3.05) is 27.2 Å². The Bertz CT molecular complexity index is 1650. The molecule has 1 aliphatic carbocycles. The van der Waals surface area contributed by atoms with Gasteiger partial charge in [-0.3, -0.25) is 14.4 Å². The average Bonchev–Trinajstić information content (AvgIpc) is 3.41. The van der Waals surface area contributed by atoms with Crippen molar-refractivity contribution in [3.63, 3.8) is 0 Å². The van der Waals surface area contributed by atoms with E-state index in [0.29, 0.717) is 22.6 Å². The second-order valence-electron chi connectivity index (χ2n) is 12.1. The fourth-order valence-electron chi connectivity index (χ4n) is 6.63. The van der Waals surface area contributed by atoms with Crippen molar-refractivity contribution in [1.82, 2.24) is 29.5 Å². The van der Waals surface area contributed by atoms with Gasteiger partial charge >= 0.3 is 6.09 Å². The number of methoxy groups -OCH3 is 1. The summed E-state index contributed by atoms with van der Waals surface area (Å²) in [5.74, 6) is 1.15. The Balaban J connectivity index is 1.10. The van der Waals surface area contributed by atoms with Gasteiger partial charge in [0.1, 0.15) is 23.7 Å². The van der Waals surface area contributed by atoms with Crippen LogP contribution in [-0.2, 0) is 17.9 Å². The molecule has 0 atom stereocenters. The lowest BCUT2D eigenvalue weighted by molar-refractivity contribution is 0.0712. The first kappa shape index (κ1) is 29.9. The van der Waals surface area contributed by atoms with Crippen molar-refractivity contribution in [3.8, 4) is 17.1 Å². The van der Waals surface area contributed by atoms with Gasteiger partial charge in [-0.05, 0) is 55.9 Å². The van der Waals surface area contributed by atoms with Crippen LogP contribution in [0.1, 0.15) is 67.8 Å². The minimum atomic E-state index is -0.283. The van der Waals surface area contributed by atoms with Gasteiger partial charge in [0.2, 0.25) is 0 Å². The molecule has 0 spiro atoms. The standard InChI is InChI=1S/C34H42N6O4/c1-23-30-31(40(37-23)27-12-8-5-9-13-27)33(41)36-32(35-30)28-15-14-25(20-29(28)43-3)21-39-18-16-26(17-19-39)38(2)34(42)44-22-24-10-6-4-7-11-24/h4,6-7,10-11,14-15,20,26-27H,5,8-9,12-13,16-19,21-22H2,1-3H3,(H,35,36,41). The molecule has 1 amide bonds. The van der Waals surface area contributed by atoms with Crippen LogP contribution in [0.3, 0.4) is 0 Å². The van der Waals surface area contributed by atoms with Gasteiger partial charge in [-0.2, -0.15) is 5.10 Å². The van der Waals surface area contributed by atoms with Crippen molar-refractivity contribution >= 4 is 17.1 Å². The van der Waals surface area contributed by atoms with Gasteiger partial charge < -0.3 is 19.4 Å². The summed E-state index contributed by atoms with van der Waals surface area (Å²) < 4.78 is 13.2. The predicted molar refractivity (Wildman–Crippen MR) is 170 cm³/mol. The smallest absolute Gasteiger partial charge is 0.410 e. The molecular formula is C34H42N6O4.